The van der Waals surface area contributed by atoms with Crippen LogP contribution in [0.25, 0.3) is 11.1 Å². The van der Waals surface area contributed by atoms with Crippen LogP contribution in [0.2, 0.25) is 0 Å². The van der Waals surface area contributed by atoms with E-state index in [9.17, 15) is 22.7 Å². The first kappa shape index (κ1) is 27.1. The van der Waals surface area contributed by atoms with Crippen molar-refractivity contribution in [1.29, 1.82) is 0 Å². The van der Waals surface area contributed by atoms with Gasteiger partial charge in [0.05, 0.1) is 23.3 Å². The van der Waals surface area contributed by atoms with Crippen molar-refractivity contribution in [3.63, 3.8) is 0 Å². The van der Waals surface area contributed by atoms with Crippen LogP contribution in [0.1, 0.15) is 35.1 Å². The number of carboxylic acids is 1. The SMILES string of the molecule is Cc1cc(OCCCS(C)(=O)=O)ncc1-c1ccc(F)c(COc2ccc3c(c2)CC2C[C@]2(C(=O)O)C3)c1F. The molecule has 0 saturated heterocycles. The zero-order valence-corrected chi connectivity index (χ0v) is 22.5. The van der Waals surface area contributed by atoms with E-state index in [4.69, 9.17) is 9.47 Å². The highest BCUT2D eigenvalue weighted by Crippen LogP contribution is 2.59. The van der Waals surface area contributed by atoms with Crippen LogP contribution in [-0.2, 0) is 34.1 Å². The number of sulfone groups is 1. The van der Waals surface area contributed by atoms with E-state index in [-0.39, 0.29) is 41.9 Å². The minimum Gasteiger partial charge on any atom is -0.489 e. The summed E-state index contributed by atoms with van der Waals surface area (Å²) in [5, 5.41) is 9.56. The van der Waals surface area contributed by atoms with E-state index >= 15 is 4.39 Å². The molecule has 2 aliphatic carbocycles. The molecule has 206 valence electrons. The second-order valence-corrected chi connectivity index (χ2v) is 12.8. The summed E-state index contributed by atoms with van der Waals surface area (Å²) in [4.78, 5) is 15.8. The third kappa shape index (κ3) is 5.61. The van der Waals surface area contributed by atoms with Gasteiger partial charge < -0.3 is 14.6 Å². The number of benzene rings is 2. The number of aryl methyl sites for hydroxylation is 1. The van der Waals surface area contributed by atoms with Gasteiger partial charge in [0.15, 0.2) is 0 Å². The molecule has 1 saturated carbocycles. The van der Waals surface area contributed by atoms with Gasteiger partial charge in [-0.25, -0.2) is 22.2 Å². The van der Waals surface area contributed by atoms with E-state index in [1.54, 1.807) is 19.1 Å². The lowest BCUT2D eigenvalue weighted by atomic mass is 9.83. The fourth-order valence-corrected chi connectivity index (χ4v) is 5.99. The lowest BCUT2D eigenvalue weighted by Crippen LogP contribution is -2.25. The molecular weight excluding hydrogens is 528 g/mol. The highest BCUT2D eigenvalue weighted by molar-refractivity contribution is 7.90. The number of fused-ring (bicyclic) bond motifs is 2. The molecule has 39 heavy (non-hydrogen) atoms. The van der Waals surface area contributed by atoms with Gasteiger partial charge in [-0.05, 0) is 79.5 Å². The minimum absolute atomic E-state index is 0.00704. The fourth-order valence-electron chi connectivity index (χ4n) is 5.34. The molecule has 1 fully saturated rings. The van der Waals surface area contributed by atoms with E-state index in [0.29, 0.717) is 42.6 Å². The first-order chi connectivity index (χ1) is 18.5. The first-order valence-electron chi connectivity index (χ1n) is 12.7. The number of hydrogen-bond acceptors (Lipinski definition) is 6. The molecule has 0 bridgehead atoms. The number of nitrogens with zero attached hydrogens (tertiary/aromatic N) is 1. The summed E-state index contributed by atoms with van der Waals surface area (Å²) in [6, 6.07) is 9.56. The molecule has 10 heteroatoms. The number of ether oxygens (including phenoxy) is 2. The molecule has 1 aromatic heterocycles. The lowest BCUT2D eigenvalue weighted by Gasteiger charge is -2.22. The molecule has 0 amide bonds. The van der Waals surface area contributed by atoms with E-state index in [0.717, 1.165) is 17.4 Å². The first-order valence-corrected chi connectivity index (χ1v) is 14.8. The molecule has 2 aromatic carbocycles. The van der Waals surface area contributed by atoms with E-state index in [1.807, 2.05) is 12.1 Å². The van der Waals surface area contributed by atoms with Crippen molar-refractivity contribution in [3.8, 4) is 22.8 Å². The predicted octanol–water partition coefficient (Wildman–Crippen LogP) is 4.92. The van der Waals surface area contributed by atoms with Gasteiger partial charge in [-0.2, -0.15) is 0 Å². The standard InChI is InChI=1S/C29H29F2NO6S/c1-17-10-26(37-8-3-9-39(2,35)36)32-15-23(17)22-6-7-25(30)24(27(22)31)16-38-21-5-4-18-13-29(28(33)34)14-20(29)11-19(18)12-21/h4-7,10,12,15,20H,3,8-9,11,13-14,16H2,1-2H3,(H,33,34)/t20?,29-/m1/s1. The molecular formula is C29H29F2NO6S. The average Bonchev–Trinajstić information content (AvgIpc) is 3.60. The largest absolute Gasteiger partial charge is 0.489 e. The van der Waals surface area contributed by atoms with Gasteiger partial charge in [-0.1, -0.05) is 6.07 Å². The highest BCUT2D eigenvalue weighted by Gasteiger charge is 2.61. The molecule has 2 aliphatic rings. The molecule has 2 atom stereocenters. The van der Waals surface area contributed by atoms with Gasteiger partial charge in [0.25, 0.3) is 0 Å². The Labute approximate surface area is 225 Å². The lowest BCUT2D eigenvalue weighted by molar-refractivity contribution is -0.144. The van der Waals surface area contributed by atoms with Crippen LogP contribution in [0.3, 0.4) is 0 Å². The van der Waals surface area contributed by atoms with Crippen LogP contribution in [0.15, 0.2) is 42.6 Å². The topological polar surface area (TPSA) is 103 Å². The van der Waals surface area contributed by atoms with Crippen molar-refractivity contribution in [3.05, 3.63) is 76.5 Å². The maximum Gasteiger partial charge on any atom is 0.310 e. The summed E-state index contributed by atoms with van der Waals surface area (Å²) in [5.41, 5.74) is 2.44. The number of aliphatic carboxylic acids is 1. The molecule has 7 nitrogen and oxygen atoms in total. The van der Waals surface area contributed by atoms with Crippen molar-refractivity contribution < 1.29 is 36.6 Å². The molecule has 0 spiro atoms. The summed E-state index contributed by atoms with van der Waals surface area (Å²) < 4.78 is 64.0. The number of halogens is 2. The normalized spacial score (nSPS) is 19.6. The highest BCUT2D eigenvalue weighted by atomic mass is 32.2. The van der Waals surface area contributed by atoms with Crippen molar-refractivity contribution in [2.24, 2.45) is 11.3 Å². The second-order valence-electron chi connectivity index (χ2n) is 10.5. The Balaban J connectivity index is 1.28. The maximum absolute atomic E-state index is 15.5. The van der Waals surface area contributed by atoms with Crippen LogP contribution < -0.4 is 9.47 Å². The fraction of sp³-hybridized carbons (Fsp3) is 0.379. The number of carbonyl (C=O) groups is 1. The molecule has 0 aliphatic heterocycles. The summed E-state index contributed by atoms with van der Waals surface area (Å²) >= 11 is 0. The van der Waals surface area contributed by atoms with Gasteiger partial charge >= 0.3 is 5.97 Å². The molecule has 1 N–H and O–H groups in total. The average molecular weight is 558 g/mol. The molecule has 0 radical (unpaired) electrons. The van der Waals surface area contributed by atoms with Crippen LogP contribution in [0.4, 0.5) is 8.78 Å². The van der Waals surface area contributed by atoms with E-state index < -0.39 is 32.9 Å². The number of carboxylic acid groups (broad SMARTS) is 1. The smallest absolute Gasteiger partial charge is 0.310 e. The van der Waals surface area contributed by atoms with Crippen LogP contribution in [0.5, 0.6) is 11.6 Å². The van der Waals surface area contributed by atoms with E-state index in [1.165, 1.54) is 18.3 Å². The number of pyridine rings is 1. The number of hydrogen-bond donors (Lipinski definition) is 1. The Morgan fingerprint density at radius 1 is 1.13 bits per heavy atom. The number of rotatable bonds is 10. The summed E-state index contributed by atoms with van der Waals surface area (Å²) in [6.45, 7) is 1.61. The summed E-state index contributed by atoms with van der Waals surface area (Å²) in [6.07, 6.45) is 4.74. The Morgan fingerprint density at radius 2 is 1.92 bits per heavy atom. The van der Waals surface area contributed by atoms with Crippen LogP contribution in [-0.4, -0.2) is 43.1 Å². The molecule has 3 aromatic rings. The quantitative estimate of drug-likeness (QED) is 0.353. The van der Waals surface area contributed by atoms with Gasteiger partial charge in [-0.3, -0.25) is 4.79 Å². The molecule has 1 unspecified atom stereocenters. The number of aromatic nitrogens is 1. The maximum atomic E-state index is 15.5. The Morgan fingerprint density at radius 3 is 2.64 bits per heavy atom. The molecule has 5 rings (SSSR count). The predicted molar refractivity (Wildman–Crippen MR) is 141 cm³/mol. The Kier molecular flexibility index (Phi) is 7.09. The van der Waals surface area contributed by atoms with Gasteiger partial charge in [0.1, 0.15) is 33.8 Å². The Hall–Kier alpha value is -3.53. The van der Waals surface area contributed by atoms with Crippen molar-refractivity contribution in [1.82, 2.24) is 4.98 Å². The van der Waals surface area contributed by atoms with Crippen LogP contribution in [0, 0.1) is 29.9 Å². The minimum atomic E-state index is -3.08. The van der Waals surface area contributed by atoms with Crippen molar-refractivity contribution in [2.75, 3.05) is 18.6 Å². The van der Waals surface area contributed by atoms with Crippen molar-refractivity contribution in [2.45, 2.75) is 39.2 Å². The monoisotopic (exact) mass is 557 g/mol. The zero-order valence-electron chi connectivity index (χ0n) is 21.7. The van der Waals surface area contributed by atoms with Gasteiger partial charge in [0, 0.05) is 29.6 Å². The Bertz CT molecular complexity index is 1560. The second kappa shape index (κ2) is 10.2. The third-order valence-corrected chi connectivity index (χ3v) is 8.69. The zero-order chi connectivity index (χ0) is 27.9. The third-order valence-electron chi connectivity index (χ3n) is 7.66. The van der Waals surface area contributed by atoms with Gasteiger partial charge in [-0.15, -0.1) is 0 Å². The van der Waals surface area contributed by atoms with Crippen LogP contribution >= 0.6 is 0 Å². The van der Waals surface area contributed by atoms with E-state index in [2.05, 4.69) is 4.98 Å². The summed E-state index contributed by atoms with van der Waals surface area (Å²) in [7, 11) is -3.08. The summed E-state index contributed by atoms with van der Waals surface area (Å²) in [5.74, 6) is -1.34. The van der Waals surface area contributed by atoms with Gasteiger partial charge in [0.2, 0.25) is 5.88 Å². The van der Waals surface area contributed by atoms with Crippen molar-refractivity contribution >= 4 is 15.8 Å². The molecule has 1 heterocycles.